The van der Waals surface area contributed by atoms with Gasteiger partial charge in [-0.2, -0.15) is 0 Å². The molecule has 0 atom stereocenters. The van der Waals surface area contributed by atoms with Crippen molar-refractivity contribution in [2.24, 2.45) is 0 Å². The molecule has 2 amide bonds. The molecule has 0 N–H and O–H groups in total. The summed E-state index contributed by atoms with van der Waals surface area (Å²) in [7, 11) is 0. The molecule has 1 aromatic heterocycles. The number of nitrogens with zero attached hydrogens (tertiary/aromatic N) is 2. The molecule has 0 aliphatic carbocycles. The summed E-state index contributed by atoms with van der Waals surface area (Å²) in [6.07, 6.45) is 1.82. The minimum absolute atomic E-state index is 0.211. The van der Waals surface area contributed by atoms with Crippen molar-refractivity contribution in [1.29, 1.82) is 0 Å². The maximum Gasteiger partial charge on any atom is 0.293 e. The van der Waals surface area contributed by atoms with Crippen LogP contribution in [0.3, 0.4) is 0 Å². The van der Waals surface area contributed by atoms with Crippen molar-refractivity contribution in [3.05, 3.63) is 112 Å². The average molecular weight is 509 g/mol. The van der Waals surface area contributed by atoms with Crippen LogP contribution >= 0.6 is 11.8 Å². The van der Waals surface area contributed by atoms with Crippen LogP contribution in [0, 0.1) is 20.8 Å². The van der Waals surface area contributed by atoms with Gasteiger partial charge in [0.25, 0.3) is 11.1 Å². The summed E-state index contributed by atoms with van der Waals surface area (Å²) in [5, 5.41) is -0.269. The Morgan fingerprint density at radius 3 is 2.30 bits per heavy atom. The van der Waals surface area contributed by atoms with Crippen LogP contribution in [0.15, 0.2) is 89.8 Å². The van der Waals surface area contributed by atoms with Gasteiger partial charge in [-0.1, -0.05) is 54.6 Å². The van der Waals surface area contributed by atoms with Crippen LogP contribution in [0.1, 0.15) is 22.5 Å². The summed E-state index contributed by atoms with van der Waals surface area (Å²) in [6.45, 7) is 6.53. The van der Waals surface area contributed by atoms with Gasteiger partial charge in [0.15, 0.2) is 0 Å². The molecule has 0 bridgehead atoms. The Kier molecular flexibility index (Phi) is 7.01. The van der Waals surface area contributed by atoms with Crippen LogP contribution in [0.4, 0.5) is 4.79 Å². The normalized spacial score (nSPS) is 14.6. The molecular formula is C31H28N2O3S. The first-order valence-corrected chi connectivity index (χ1v) is 13.0. The molecule has 6 heteroatoms. The fourth-order valence-corrected chi connectivity index (χ4v) is 5.41. The molecule has 2 heterocycles. The lowest BCUT2D eigenvalue weighted by Crippen LogP contribution is -2.32. The van der Waals surface area contributed by atoms with E-state index in [1.807, 2.05) is 69.3 Å². The molecule has 0 unspecified atom stereocenters. The molecule has 1 saturated heterocycles. The Morgan fingerprint density at radius 1 is 0.838 bits per heavy atom. The zero-order valence-corrected chi connectivity index (χ0v) is 21.9. The van der Waals surface area contributed by atoms with E-state index >= 15 is 0 Å². The van der Waals surface area contributed by atoms with Crippen LogP contribution in [0.25, 0.3) is 22.9 Å². The third-order valence-corrected chi connectivity index (χ3v) is 7.34. The number of amides is 2. The van der Waals surface area contributed by atoms with Gasteiger partial charge in [0.05, 0.1) is 11.4 Å². The van der Waals surface area contributed by atoms with Gasteiger partial charge in [-0.15, -0.1) is 0 Å². The first-order valence-electron chi connectivity index (χ1n) is 12.2. The second-order valence-corrected chi connectivity index (χ2v) is 10.1. The molecule has 0 radical (unpaired) electrons. The van der Waals surface area contributed by atoms with Crippen LogP contribution < -0.4 is 4.74 Å². The number of carbonyl (C=O) groups is 2. The van der Waals surface area contributed by atoms with Crippen LogP contribution in [-0.2, 0) is 4.79 Å². The fraction of sp³-hybridized carbons (Fsp3) is 0.161. The highest BCUT2D eigenvalue weighted by Gasteiger charge is 2.35. The van der Waals surface area contributed by atoms with Crippen molar-refractivity contribution in [3.8, 4) is 22.6 Å². The van der Waals surface area contributed by atoms with Gasteiger partial charge in [0.2, 0.25) is 0 Å². The number of aromatic nitrogens is 1. The predicted molar refractivity (Wildman–Crippen MR) is 150 cm³/mol. The molecule has 1 fully saturated rings. The summed E-state index contributed by atoms with van der Waals surface area (Å²) >= 11 is 0.978. The van der Waals surface area contributed by atoms with Crippen molar-refractivity contribution in [2.45, 2.75) is 20.8 Å². The number of carbonyl (C=O) groups excluding carboxylic acids is 2. The predicted octanol–water partition coefficient (Wildman–Crippen LogP) is 7.18. The topological polar surface area (TPSA) is 51.5 Å². The Morgan fingerprint density at radius 2 is 1.57 bits per heavy atom. The van der Waals surface area contributed by atoms with E-state index in [0.29, 0.717) is 4.91 Å². The molecule has 3 aromatic carbocycles. The van der Waals surface area contributed by atoms with Crippen molar-refractivity contribution >= 4 is 29.0 Å². The number of aryl methyl sites for hydroxylation is 2. The van der Waals surface area contributed by atoms with Gasteiger partial charge in [-0.3, -0.25) is 14.5 Å². The van der Waals surface area contributed by atoms with E-state index in [9.17, 15) is 9.59 Å². The van der Waals surface area contributed by atoms with Gasteiger partial charge in [-0.25, -0.2) is 0 Å². The van der Waals surface area contributed by atoms with Crippen molar-refractivity contribution in [1.82, 2.24) is 9.47 Å². The molecule has 1 aliphatic heterocycles. The van der Waals surface area contributed by atoms with E-state index in [2.05, 4.69) is 47.0 Å². The first kappa shape index (κ1) is 24.7. The SMILES string of the molecule is Cc1cccc(OCCN2C(=O)S/C(=C\c3cc(C)n(-c4ccc(-c5ccccc5)cc4)c3C)C2=O)c1. The number of hydrogen-bond donors (Lipinski definition) is 0. The lowest BCUT2D eigenvalue weighted by Gasteiger charge is -2.13. The van der Waals surface area contributed by atoms with Crippen molar-refractivity contribution in [2.75, 3.05) is 13.2 Å². The smallest absolute Gasteiger partial charge is 0.293 e. The number of hydrogen-bond acceptors (Lipinski definition) is 4. The highest BCUT2D eigenvalue weighted by molar-refractivity contribution is 8.18. The first-order chi connectivity index (χ1) is 17.9. The van der Waals surface area contributed by atoms with Crippen molar-refractivity contribution < 1.29 is 14.3 Å². The summed E-state index contributed by atoms with van der Waals surface area (Å²) in [5.74, 6) is 0.451. The van der Waals surface area contributed by atoms with Gasteiger partial charge >= 0.3 is 0 Å². The number of thioether (sulfide) groups is 1. The zero-order chi connectivity index (χ0) is 25.9. The molecule has 37 heavy (non-hydrogen) atoms. The molecule has 1 aliphatic rings. The highest BCUT2D eigenvalue weighted by Crippen LogP contribution is 2.34. The van der Waals surface area contributed by atoms with Gasteiger partial charge in [0.1, 0.15) is 12.4 Å². The monoisotopic (exact) mass is 508 g/mol. The van der Waals surface area contributed by atoms with Gasteiger partial charge < -0.3 is 9.30 Å². The Hall–Kier alpha value is -4.03. The number of rotatable bonds is 7. The molecule has 4 aromatic rings. The minimum atomic E-state index is -0.278. The van der Waals surface area contributed by atoms with E-state index in [0.717, 1.165) is 51.3 Å². The van der Waals surface area contributed by atoms with E-state index in [1.54, 1.807) is 0 Å². The Labute approximate surface area is 221 Å². The van der Waals surface area contributed by atoms with Crippen molar-refractivity contribution in [3.63, 3.8) is 0 Å². The zero-order valence-electron chi connectivity index (χ0n) is 21.1. The molecule has 5 nitrogen and oxygen atoms in total. The largest absolute Gasteiger partial charge is 0.492 e. The Balaban J connectivity index is 1.31. The second kappa shape index (κ2) is 10.5. The summed E-state index contributed by atoms with van der Waals surface area (Å²) in [4.78, 5) is 27.3. The van der Waals surface area contributed by atoms with Crippen LogP contribution in [-0.4, -0.2) is 33.8 Å². The van der Waals surface area contributed by atoms with E-state index in [4.69, 9.17) is 4.74 Å². The van der Waals surface area contributed by atoms with Crippen LogP contribution in [0.5, 0.6) is 5.75 Å². The maximum absolute atomic E-state index is 13.0. The number of ether oxygens (including phenoxy) is 1. The van der Waals surface area contributed by atoms with Gasteiger partial charge in [-0.05, 0) is 91.2 Å². The second-order valence-electron chi connectivity index (χ2n) is 9.07. The minimum Gasteiger partial charge on any atom is -0.492 e. The van der Waals surface area contributed by atoms with Gasteiger partial charge in [0, 0.05) is 17.1 Å². The third-order valence-electron chi connectivity index (χ3n) is 6.44. The summed E-state index contributed by atoms with van der Waals surface area (Å²) in [6, 6.07) is 28.5. The molecule has 5 rings (SSSR count). The summed E-state index contributed by atoms with van der Waals surface area (Å²) in [5.41, 5.74) is 7.47. The van der Waals surface area contributed by atoms with E-state index < -0.39 is 0 Å². The third kappa shape index (κ3) is 5.25. The molecule has 0 saturated carbocycles. The van der Waals surface area contributed by atoms with E-state index in [1.165, 1.54) is 10.5 Å². The molecule has 0 spiro atoms. The lowest BCUT2D eigenvalue weighted by atomic mass is 10.1. The lowest BCUT2D eigenvalue weighted by molar-refractivity contribution is -0.123. The molecular weight excluding hydrogens is 480 g/mol. The maximum atomic E-state index is 13.0. The highest BCUT2D eigenvalue weighted by atomic mass is 32.2. The summed E-state index contributed by atoms with van der Waals surface area (Å²) < 4.78 is 7.91. The Bertz CT molecular complexity index is 1490. The van der Waals surface area contributed by atoms with E-state index in [-0.39, 0.29) is 24.3 Å². The quantitative estimate of drug-likeness (QED) is 0.248. The fourth-order valence-electron chi connectivity index (χ4n) is 4.56. The van der Waals surface area contributed by atoms with Crippen LogP contribution in [0.2, 0.25) is 0 Å². The molecule has 186 valence electrons. The average Bonchev–Trinajstić information content (AvgIpc) is 3.33. The standard InChI is InChI=1S/C31H28N2O3S/c1-21-8-7-11-28(18-21)36-17-16-32-30(34)29(37-31(32)35)20-26-19-22(2)33(23(26)3)27-14-12-25(13-15-27)24-9-5-4-6-10-24/h4-15,18-20H,16-17H2,1-3H3/b29-20-. The number of imide groups is 1. The number of benzene rings is 3.